The second-order valence-corrected chi connectivity index (χ2v) is 16.3. The number of aliphatic hydroxyl groups excluding tert-OH is 2. The zero-order chi connectivity index (χ0) is 42.9. The minimum absolute atomic E-state index is 0. The van der Waals surface area contributed by atoms with E-state index in [-0.39, 0.29) is 131 Å². The molecule has 2 aromatic heterocycles. The van der Waals surface area contributed by atoms with Crippen molar-refractivity contribution in [3.05, 3.63) is 108 Å². The molecule has 0 spiro atoms. The van der Waals surface area contributed by atoms with Crippen LogP contribution in [0.2, 0.25) is 0 Å². The summed E-state index contributed by atoms with van der Waals surface area (Å²) >= 11 is 0. The van der Waals surface area contributed by atoms with Crippen LogP contribution in [0, 0.1) is 0 Å². The molecule has 0 amide bonds. The van der Waals surface area contributed by atoms with Gasteiger partial charge in [0.25, 0.3) is 0 Å². The van der Waals surface area contributed by atoms with E-state index in [4.69, 9.17) is 0 Å². The first-order valence-electron chi connectivity index (χ1n) is 18.1. The molecule has 2 atom stereocenters. The Hall–Kier alpha value is -4.34. The SMILES string of the molecule is CC(CO)Nc1nc(Nc2ccccc2)nc(Nc2ccc(C=Cc3ccc(Nc4nc(Nc5ccccc5)nc(NC(C)CO)n4)cc3P(=O)(O)O)c(P(=O)([O-])[O-])c2)n1.[Na+].[Na+]. The van der Waals surface area contributed by atoms with Crippen LogP contribution in [0.4, 0.5) is 58.4 Å². The van der Waals surface area contributed by atoms with Crippen molar-refractivity contribution in [2.24, 2.45) is 0 Å². The van der Waals surface area contributed by atoms with Crippen molar-refractivity contribution in [1.82, 2.24) is 29.9 Å². The summed E-state index contributed by atoms with van der Waals surface area (Å²) in [4.78, 5) is 71.9. The zero-order valence-electron chi connectivity index (χ0n) is 34.0. The van der Waals surface area contributed by atoms with Crippen molar-refractivity contribution in [2.75, 3.05) is 45.1 Å². The van der Waals surface area contributed by atoms with Gasteiger partial charge in [-0.1, -0.05) is 60.7 Å². The largest absolute Gasteiger partial charge is 1.00 e. The van der Waals surface area contributed by atoms with Gasteiger partial charge in [-0.05, 0) is 86.4 Å². The number of benzene rings is 4. The third-order valence-corrected chi connectivity index (χ3v) is 10.2. The molecular formula is C38H40N12Na2O8P2. The van der Waals surface area contributed by atoms with Gasteiger partial charge < -0.3 is 66.3 Å². The van der Waals surface area contributed by atoms with Crippen LogP contribution in [-0.2, 0) is 9.13 Å². The number of aromatic nitrogens is 6. The fourth-order valence-electron chi connectivity index (χ4n) is 5.39. The minimum atomic E-state index is -5.43. The molecule has 0 bridgehead atoms. The number of nitrogens with one attached hydrogen (secondary N) is 6. The van der Waals surface area contributed by atoms with Gasteiger partial charge >= 0.3 is 66.7 Å². The molecule has 62 heavy (non-hydrogen) atoms. The molecule has 0 saturated carbocycles. The quantitative estimate of drug-likeness (QED) is 0.0236. The third kappa shape index (κ3) is 14.6. The zero-order valence-corrected chi connectivity index (χ0v) is 39.7. The number of anilines is 10. The van der Waals surface area contributed by atoms with E-state index in [1.54, 1.807) is 38.1 Å². The van der Waals surface area contributed by atoms with Gasteiger partial charge in [0.05, 0.1) is 18.5 Å². The van der Waals surface area contributed by atoms with Gasteiger partial charge in [-0.3, -0.25) is 4.57 Å². The summed E-state index contributed by atoms with van der Waals surface area (Å²) in [6, 6.07) is 25.3. The Kier molecular flexibility index (Phi) is 18.5. The fraction of sp³-hybridized carbons (Fsp3) is 0.158. The molecule has 0 saturated heterocycles. The molecule has 0 aliphatic heterocycles. The predicted molar refractivity (Wildman–Crippen MR) is 227 cm³/mol. The summed E-state index contributed by atoms with van der Waals surface area (Å²) in [7, 11) is -10.4. The van der Waals surface area contributed by atoms with E-state index in [1.807, 2.05) is 36.4 Å². The Labute approximate surface area is 400 Å². The van der Waals surface area contributed by atoms with E-state index in [9.17, 15) is 38.9 Å². The average Bonchev–Trinajstić information content (AvgIpc) is 3.20. The topological polar surface area (TPSA) is 311 Å². The van der Waals surface area contributed by atoms with Crippen LogP contribution in [0.3, 0.4) is 0 Å². The Morgan fingerprint density at radius 2 is 0.871 bits per heavy atom. The standard InChI is InChI=1S/C38H42N12O8P2.2Na/c1-23(21-51)39-33-45-35(41-27-9-5-3-6-10-27)49-37(47-33)43-29-17-15-25(31(19-29)59(53,54)55)13-14-26-16-18-30(20-32(26)60(56,57)58)44-38-48-34(40-24(2)22-52)46-36(50-38)42-28-11-7-4-8-12-28;;/h3-20,23-24,51-52H,21-22H2,1-2H3,(H2,53,54,55)(H2,56,57,58)(H3,39,41,43,45,47,49)(H3,40,42,44,46,48,50);;/q;2*+1/p-2. The first-order valence-corrected chi connectivity index (χ1v) is 21.3. The van der Waals surface area contributed by atoms with E-state index in [0.717, 1.165) is 6.07 Å². The van der Waals surface area contributed by atoms with Crippen LogP contribution in [0.25, 0.3) is 12.2 Å². The smallest absolute Gasteiger partial charge is 0.807 e. The van der Waals surface area contributed by atoms with Crippen LogP contribution < -0.4 is 111 Å². The maximum atomic E-state index is 12.8. The second kappa shape index (κ2) is 22.8. The van der Waals surface area contributed by atoms with Crippen molar-refractivity contribution in [1.29, 1.82) is 0 Å². The molecule has 4 aromatic carbocycles. The van der Waals surface area contributed by atoms with Gasteiger partial charge in [0.1, 0.15) is 0 Å². The molecule has 0 radical (unpaired) electrons. The number of rotatable bonds is 18. The maximum absolute atomic E-state index is 12.8. The van der Waals surface area contributed by atoms with Gasteiger partial charge in [0.2, 0.25) is 35.7 Å². The summed E-state index contributed by atoms with van der Waals surface area (Å²) in [6.07, 6.45) is 2.52. The second-order valence-electron chi connectivity index (χ2n) is 13.2. The molecule has 6 aromatic rings. The maximum Gasteiger partial charge on any atom is 1.00 e. The molecule has 20 nitrogen and oxygen atoms in total. The molecule has 2 heterocycles. The van der Waals surface area contributed by atoms with E-state index in [0.29, 0.717) is 11.4 Å². The summed E-state index contributed by atoms with van der Waals surface area (Å²) in [5.41, 5.74) is 1.63. The number of hydrogen-bond donors (Lipinski definition) is 10. The fourth-order valence-corrected chi connectivity index (χ4v) is 6.94. The molecule has 24 heteroatoms. The number of nitrogens with zero attached hydrogens (tertiary/aromatic N) is 6. The summed E-state index contributed by atoms with van der Waals surface area (Å²) in [5, 5.41) is 35.9. The summed E-state index contributed by atoms with van der Waals surface area (Å²) < 4.78 is 25.3. The minimum Gasteiger partial charge on any atom is -0.807 e. The Morgan fingerprint density at radius 1 is 0.532 bits per heavy atom. The Bertz CT molecular complexity index is 2380. The molecule has 0 fully saturated rings. The van der Waals surface area contributed by atoms with E-state index in [1.165, 1.54) is 42.5 Å². The number of hydrogen-bond acceptors (Lipinski definition) is 18. The summed E-state index contributed by atoms with van der Waals surface area (Å²) in [6.45, 7) is 3.00. The number of para-hydroxylation sites is 2. The van der Waals surface area contributed by atoms with Crippen LogP contribution in [0.5, 0.6) is 0 Å². The van der Waals surface area contributed by atoms with Gasteiger partial charge in [0.15, 0.2) is 0 Å². The van der Waals surface area contributed by atoms with Crippen molar-refractivity contribution in [3.63, 3.8) is 0 Å². The normalized spacial score (nSPS) is 12.3. The van der Waals surface area contributed by atoms with Crippen LogP contribution in [0.1, 0.15) is 25.0 Å². The monoisotopic (exact) mass is 900 g/mol. The van der Waals surface area contributed by atoms with Gasteiger partial charge in [-0.25, -0.2) is 0 Å². The van der Waals surface area contributed by atoms with Crippen molar-refractivity contribution < 1.29 is 98.0 Å². The average molecular weight is 901 g/mol. The predicted octanol–water partition coefficient (Wildman–Crippen LogP) is -2.86. The van der Waals surface area contributed by atoms with Crippen molar-refractivity contribution in [2.45, 2.75) is 25.9 Å². The van der Waals surface area contributed by atoms with E-state index >= 15 is 0 Å². The van der Waals surface area contributed by atoms with Crippen LogP contribution in [-0.4, -0.2) is 75.2 Å². The summed E-state index contributed by atoms with van der Waals surface area (Å²) in [5.74, 6) is 0.453. The number of aliphatic hydroxyl groups is 2. The third-order valence-electron chi connectivity index (χ3n) is 8.25. The van der Waals surface area contributed by atoms with E-state index in [2.05, 4.69) is 61.8 Å². The molecule has 0 aliphatic rings. The molecule has 0 aliphatic carbocycles. The van der Waals surface area contributed by atoms with Gasteiger partial charge in [0, 0.05) is 34.8 Å². The molecule has 312 valence electrons. The molecule has 10 N–H and O–H groups in total. The molecule has 6 rings (SSSR count). The van der Waals surface area contributed by atoms with Crippen LogP contribution in [0.15, 0.2) is 97.1 Å². The van der Waals surface area contributed by atoms with Gasteiger partial charge in [-0.2, -0.15) is 29.9 Å². The Balaban J connectivity index is 0.00000422. The van der Waals surface area contributed by atoms with Crippen molar-refractivity contribution in [3.8, 4) is 0 Å². The van der Waals surface area contributed by atoms with Crippen LogP contribution >= 0.6 is 15.2 Å². The molecular weight excluding hydrogens is 860 g/mol. The van der Waals surface area contributed by atoms with E-state index < -0.39 is 37.9 Å². The van der Waals surface area contributed by atoms with Crippen molar-refractivity contribution >= 4 is 96.4 Å². The first kappa shape index (κ1) is 50.3. The first-order chi connectivity index (χ1) is 28.6. The Morgan fingerprint density at radius 3 is 1.23 bits per heavy atom. The molecule has 2 unspecified atom stereocenters. The van der Waals surface area contributed by atoms with Gasteiger partial charge in [-0.15, -0.1) is 0 Å².